The van der Waals surface area contributed by atoms with E-state index in [9.17, 15) is 9.59 Å². The smallest absolute Gasteiger partial charge is 0.408 e. The molecule has 0 heterocycles. The van der Waals surface area contributed by atoms with Crippen molar-refractivity contribution in [2.75, 3.05) is 5.32 Å². The molecule has 6 heteroatoms. The Morgan fingerprint density at radius 2 is 1.85 bits per heavy atom. The van der Waals surface area contributed by atoms with E-state index in [-0.39, 0.29) is 18.4 Å². The van der Waals surface area contributed by atoms with Gasteiger partial charge in [-0.25, -0.2) is 4.79 Å². The van der Waals surface area contributed by atoms with Gasteiger partial charge in [0.1, 0.15) is 12.6 Å². The van der Waals surface area contributed by atoms with Crippen LogP contribution in [0.25, 0.3) is 0 Å². The third-order valence-corrected chi connectivity index (χ3v) is 3.69. The Morgan fingerprint density at radius 3 is 2.50 bits per heavy atom. The number of nitriles is 1. The van der Waals surface area contributed by atoms with Crippen LogP contribution in [0.15, 0.2) is 54.6 Å². The van der Waals surface area contributed by atoms with Crippen LogP contribution >= 0.6 is 0 Å². The van der Waals surface area contributed by atoms with Crippen LogP contribution in [0.4, 0.5) is 10.5 Å². The van der Waals surface area contributed by atoms with Crippen LogP contribution in [-0.4, -0.2) is 18.0 Å². The minimum Gasteiger partial charge on any atom is -0.445 e. The van der Waals surface area contributed by atoms with Gasteiger partial charge in [-0.2, -0.15) is 5.26 Å². The van der Waals surface area contributed by atoms with Crippen LogP contribution in [0, 0.1) is 17.2 Å². The van der Waals surface area contributed by atoms with Crippen LogP contribution in [-0.2, 0) is 16.1 Å². The molecule has 2 amide bonds. The van der Waals surface area contributed by atoms with Crippen molar-refractivity contribution in [2.45, 2.75) is 26.5 Å². The van der Waals surface area contributed by atoms with E-state index in [4.69, 9.17) is 10.00 Å². The molecule has 2 rings (SSSR count). The highest BCUT2D eigenvalue weighted by Crippen LogP contribution is 2.12. The molecule has 0 aromatic heterocycles. The summed E-state index contributed by atoms with van der Waals surface area (Å²) in [6.45, 7) is 3.78. The molecular formula is C20H21N3O3. The Bertz CT molecular complexity index is 797. The fourth-order valence-corrected chi connectivity index (χ4v) is 2.31. The molecule has 2 N–H and O–H groups in total. The monoisotopic (exact) mass is 351 g/mol. The van der Waals surface area contributed by atoms with Gasteiger partial charge in [0.25, 0.3) is 0 Å². The molecule has 0 saturated carbocycles. The second-order valence-electron chi connectivity index (χ2n) is 6.11. The van der Waals surface area contributed by atoms with E-state index >= 15 is 0 Å². The standard InChI is InChI=1S/C20H21N3O3/c1-14(2)18(19(24)22-17-10-6-9-16(11-17)12-21)23-20(25)26-13-15-7-4-3-5-8-15/h3-11,14,18H,13H2,1-2H3,(H,22,24)(H,23,25)/t18-/m0/s1. The number of hydrogen-bond donors (Lipinski definition) is 2. The van der Waals surface area contributed by atoms with Crippen LogP contribution in [0.5, 0.6) is 0 Å². The summed E-state index contributed by atoms with van der Waals surface area (Å²) in [6, 6.07) is 17.1. The first-order chi connectivity index (χ1) is 12.5. The second-order valence-corrected chi connectivity index (χ2v) is 6.11. The van der Waals surface area contributed by atoms with Gasteiger partial charge in [-0.15, -0.1) is 0 Å². The van der Waals surface area contributed by atoms with Crippen molar-refractivity contribution >= 4 is 17.7 Å². The van der Waals surface area contributed by atoms with E-state index in [0.717, 1.165) is 5.56 Å². The summed E-state index contributed by atoms with van der Waals surface area (Å²) in [4.78, 5) is 24.5. The molecule has 6 nitrogen and oxygen atoms in total. The first-order valence-electron chi connectivity index (χ1n) is 8.28. The number of ether oxygens (including phenoxy) is 1. The van der Waals surface area contributed by atoms with Gasteiger partial charge >= 0.3 is 6.09 Å². The Labute approximate surface area is 152 Å². The van der Waals surface area contributed by atoms with Gasteiger partial charge in [0.05, 0.1) is 11.6 Å². The lowest BCUT2D eigenvalue weighted by Crippen LogP contribution is -2.47. The minimum absolute atomic E-state index is 0.128. The molecule has 26 heavy (non-hydrogen) atoms. The first-order valence-corrected chi connectivity index (χ1v) is 8.28. The van der Waals surface area contributed by atoms with E-state index in [2.05, 4.69) is 10.6 Å². The number of alkyl carbamates (subject to hydrolysis) is 1. The van der Waals surface area contributed by atoms with Crippen molar-refractivity contribution in [1.29, 1.82) is 5.26 Å². The van der Waals surface area contributed by atoms with Gasteiger partial charge in [-0.05, 0) is 29.7 Å². The molecule has 0 bridgehead atoms. The fourth-order valence-electron chi connectivity index (χ4n) is 2.31. The maximum atomic E-state index is 12.5. The minimum atomic E-state index is -0.760. The molecule has 2 aromatic carbocycles. The molecule has 134 valence electrons. The number of benzene rings is 2. The van der Waals surface area contributed by atoms with Crippen molar-refractivity contribution in [1.82, 2.24) is 5.32 Å². The summed E-state index contributed by atoms with van der Waals surface area (Å²) in [6.07, 6.45) is -0.659. The number of nitrogens with zero attached hydrogens (tertiary/aromatic N) is 1. The quantitative estimate of drug-likeness (QED) is 0.834. The zero-order chi connectivity index (χ0) is 18.9. The van der Waals surface area contributed by atoms with Crippen molar-refractivity contribution in [2.24, 2.45) is 5.92 Å². The molecule has 0 radical (unpaired) electrons. The number of amides is 2. The van der Waals surface area contributed by atoms with E-state index in [0.29, 0.717) is 11.3 Å². The predicted octanol–water partition coefficient (Wildman–Crippen LogP) is 3.45. The number of rotatable bonds is 6. The molecule has 0 saturated heterocycles. The maximum absolute atomic E-state index is 12.5. The molecule has 0 aliphatic carbocycles. The Morgan fingerprint density at radius 1 is 1.12 bits per heavy atom. The molecule has 0 aliphatic rings. The fraction of sp³-hybridized carbons (Fsp3) is 0.250. The Hall–Kier alpha value is -3.33. The van der Waals surface area contributed by atoms with Gasteiger partial charge in [0, 0.05) is 5.69 Å². The maximum Gasteiger partial charge on any atom is 0.408 e. The summed E-state index contributed by atoms with van der Waals surface area (Å²) >= 11 is 0. The number of carbonyl (C=O) groups excluding carboxylic acids is 2. The SMILES string of the molecule is CC(C)[C@H](NC(=O)OCc1ccccc1)C(=O)Nc1cccc(C#N)c1. The van der Waals surface area contributed by atoms with Crippen LogP contribution in [0.3, 0.4) is 0 Å². The molecule has 2 aromatic rings. The highest BCUT2D eigenvalue weighted by atomic mass is 16.5. The van der Waals surface area contributed by atoms with E-state index in [1.807, 2.05) is 50.2 Å². The van der Waals surface area contributed by atoms with E-state index in [1.165, 1.54) is 0 Å². The van der Waals surface area contributed by atoms with Crippen molar-refractivity contribution in [3.63, 3.8) is 0 Å². The molecular weight excluding hydrogens is 330 g/mol. The lowest BCUT2D eigenvalue weighted by Gasteiger charge is -2.21. The summed E-state index contributed by atoms with van der Waals surface area (Å²) in [5.41, 5.74) is 1.81. The van der Waals surface area contributed by atoms with Crippen molar-refractivity contribution < 1.29 is 14.3 Å². The van der Waals surface area contributed by atoms with E-state index in [1.54, 1.807) is 24.3 Å². The van der Waals surface area contributed by atoms with Crippen LogP contribution in [0.2, 0.25) is 0 Å². The number of hydrogen-bond acceptors (Lipinski definition) is 4. The summed E-state index contributed by atoms with van der Waals surface area (Å²) in [5.74, 6) is -0.509. The lowest BCUT2D eigenvalue weighted by molar-refractivity contribution is -0.119. The molecule has 0 fully saturated rings. The van der Waals surface area contributed by atoms with Crippen molar-refractivity contribution in [3.05, 3.63) is 65.7 Å². The molecule has 1 atom stereocenters. The van der Waals surface area contributed by atoms with Gasteiger partial charge in [0.15, 0.2) is 0 Å². The second kappa shape index (κ2) is 9.23. The highest BCUT2D eigenvalue weighted by molar-refractivity contribution is 5.96. The third kappa shape index (κ3) is 5.64. The average molecular weight is 351 g/mol. The average Bonchev–Trinajstić information content (AvgIpc) is 2.65. The zero-order valence-corrected chi connectivity index (χ0v) is 14.7. The number of anilines is 1. The summed E-state index contributed by atoms with van der Waals surface area (Å²) < 4.78 is 5.17. The third-order valence-electron chi connectivity index (χ3n) is 3.69. The highest BCUT2D eigenvalue weighted by Gasteiger charge is 2.25. The van der Waals surface area contributed by atoms with E-state index < -0.39 is 12.1 Å². The largest absolute Gasteiger partial charge is 0.445 e. The van der Waals surface area contributed by atoms with Crippen LogP contribution in [0.1, 0.15) is 25.0 Å². The van der Waals surface area contributed by atoms with Gasteiger partial charge in [0.2, 0.25) is 5.91 Å². The predicted molar refractivity (Wildman–Crippen MR) is 98.2 cm³/mol. The molecule has 0 spiro atoms. The van der Waals surface area contributed by atoms with Gasteiger partial charge in [-0.1, -0.05) is 50.2 Å². The lowest BCUT2D eigenvalue weighted by atomic mass is 10.0. The Balaban J connectivity index is 1.95. The normalized spacial score (nSPS) is 11.3. The molecule has 0 unspecified atom stereocenters. The summed E-state index contributed by atoms with van der Waals surface area (Å²) in [7, 11) is 0. The topological polar surface area (TPSA) is 91.2 Å². The first kappa shape index (κ1) is 19.0. The number of carbonyl (C=O) groups is 2. The van der Waals surface area contributed by atoms with Crippen LogP contribution < -0.4 is 10.6 Å². The van der Waals surface area contributed by atoms with Gasteiger partial charge < -0.3 is 15.4 Å². The summed E-state index contributed by atoms with van der Waals surface area (Å²) in [5, 5.41) is 14.2. The van der Waals surface area contributed by atoms with Crippen molar-refractivity contribution in [3.8, 4) is 6.07 Å². The Kier molecular flexibility index (Phi) is 6.75. The molecule has 0 aliphatic heterocycles. The van der Waals surface area contributed by atoms with Gasteiger partial charge in [-0.3, -0.25) is 4.79 Å². The number of nitrogens with one attached hydrogen (secondary N) is 2. The zero-order valence-electron chi connectivity index (χ0n) is 14.7.